The maximum atomic E-state index is 9.69. The van der Waals surface area contributed by atoms with E-state index in [1.165, 1.54) is 57.8 Å². The highest BCUT2D eigenvalue weighted by molar-refractivity contribution is 5.38. The van der Waals surface area contributed by atoms with Gasteiger partial charge in [0.2, 0.25) is 0 Å². The Hall–Kier alpha value is -1.02. The number of benzene rings is 1. The smallest absolute Gasteiger partial charge is 0.121 e. The van der Waals surface area contributed by atoms with E-state index in [0.717, 1.165) is 18.4 Å². The molecule has 1 rings (SSSR count). The lowest BCUT2D eigenvalue weighted by molar-refractivity contribution is 0.274. The van der Waals surface area contributed by atoms with Crippen molar-refractivity contribution in [2.24, 2.45) is 0 Å². The summed E-state index contributed by atoms with van der Waals surface area (Å²) >= 11 is 0. The number of hydrogen-bond acceptors (Lipinski definition) is 2. The van der Waals surface area contributed by atoms with Crippen LogP contribution >= 0.6 is 0 Å². The van der Waals surface area contributed by atoms with Crippen molar-refractivity contribution in [2.45, 2.75) is 84.2 Å². The molecule has 0 saturated heterocycles. The third-order valence-corrected chi connectivity index (χ3v) is 4.21. The Morgan fingerprint density at radius 2 is 1.38 bits per heavy atom. The molecule has 0 atom stereocenters. The van der Waals surface area contributed by atoms with Crippen molar-refractivity contribution in [3.8, 4) is 5.75 Å². The summed E-state index contributed by atoms with van der Waals surface area (Å²) in [6, 6.07) is 5.52. The highest BCUT2D eigenvalue weighted by Gasteiger charge is 2.05. The van der Waals surface area contributed by atoms with E-state index in [-0.39, 0.29) is 12.4 Å². The summed E-state index contributed by atoms with van der Waals surface area (Å²) in [7, 11) is 0. The van der Waals surface area contributed by atoms with Gasteiger partial charge in [-0.15, -0.1) is 0 Å². The lowest BCUT2D eigenvalue weighted by Crippen LogP contribution is -1.95. The van der Waals surface area contributed by atoms with Crippen LogP contribution in [0.5, 0.6) is 5.75 Å². The van der Waals surface area contributed by atoms with E-state index >= 15 is 0 Å². The second-order valence-corrected chi connectivity index (χ2v) is 6.00. The number of aliphatic hydroxyl groups excluding tert-OH is 1. The fourth-order valence-electron chi connectivity index (χ4n) is 2.84. The number of phenols is 1. The molecule has 1 aromatic carbocycles. The maximum absolute atomic E-state index is 9.69. The zero-order valence-electron chi connectivity index (χ0n) is 13.6. The molecule has 0 aliphatic heterocycles. The van der Waals surface area contributed by atoms with Crippen molar-refractivity contribution in [3.63, 3.8) is 0 Å². The van der Waals surface area contributed by atoms with Crippen LogP contribution in [-0.4, -0.2) is 10.2 Å². The van der Waals surface area contributed by atoms with Crippen molar-refractivity contribution in [1.82, 2.24) is 0 Å². The Morgan fingerprint density at radius 3 is 1.95 bits per heavy atom. The lowest BCUT2D eigenvalue weighted by Gasteiger charge is -2.09. The standard InChI is InChI=1S/C19H32O2/c1-2-3-4-5-6-7-8-9-10-11-13-17-14-12-15-19(21)18(17)16-20/h12,14-15,20-21H,2-11,13,16H2,1H3. The Kier molecular flexibility index (Phi) is 9.98. The third kappa shape index (κ3) is 7.52. The zero-order chi connectivity index (χ0) is 15.3. The van der Waals surface area contributed by atoms with Gasteiger partial charge in [0.1, 0.15) is 5.75 Å². The van der Waals surface area contributed by atoms with E-state index in [1.54, 1.807) is 6.07 Å². The largest absolute Gasteiger partial charge is 0.508 e. The minimum Gasteiger partial charge on any atom is -0.508 e. The topological polar surface area (TPSA) is 40.5 Å². The van der Waals surface area contributed by atoms with Crippen molar-refractivity contribution >= 4 is 0 Å². The molecule has 120 valence electrons. The molecule has 0 aromatic heterocycles. The first-order chi connectivity index (χ1) is 10.3. The molecule has 0 saturated carbocycles. The van der Waals surface area contributed by atoms with E-state index in [0.29, 0.717) is 5.56 Å². The molecule has 0 heterocycles. The predicted molar refractivity (Wildman–Crippen MR) is 89.6 cm³/mol. The number of aryl methyl sites for hydroxylation is 1. The first kappa shape index (κ1) is 18.0. The lowest BCUT2D eigenvalue weighted by atomic mass is 10.00. The molecule has 21 heavy (non-hydrogen) atoms. The van der Waals surface area contributed by atoms with Gasteiger partial charge in [-0.25, -0.2) is 0 Å². The Morgan fingerprint density at radius 1 is 0.810 bits per heavy atom. The molecule has 2 heteroatoms. The van der Waals surface area contributed by atoms with Crippen LogP contribution < -0.4 is 0 Å². The molecular formula is C19H32O2. The molecule has 0 amide bonds. The van der Waals surface area contributed by atoms with E-state index in [4.69, 9.17) is 0 Å². The van der Waals surface area contributed by atoms with Crippen LogP contribution in [0.2, 0.25) is 0 Å². The fourth-order valence-corrected chi connectivity index (χ4v) is 2.84. The van der Waals surface area contributed by atoms with Crippen molar-refractivity contribution in [2.75, 3.05) is 0 Å². The highest BCUT2D eigenvalue weighted by Crippen LogP contribution is 2.22. The molecule has 2 nitrogen and oxygen atoms in total. The minimum atomic E-state index is -0.0697. The number of unbranched alkanes of at least 4 members (excludes halogenated alkanes) is 9. The van der Waals surface area contributed by atoms with Gasteiger partial charge in [0.15, 0.2) is 0 Å². The van der Waals surface area contributed by atoms with Gasteiger partial charge >= 0.3 is 0 Å². The fraction of sp³-hybridized carbons (Fsp3) is 0.684. The van der Waals surface area contributed by atoms with Gasteiger partial charge < -0.3 is 10.2 Å². The molecule has 1 aromatic rings. The monoisotopic (exact) mass is 292 g/mol. The van der Waals surface area contributed by atoms with Crippen LogP contribution in [0.4, 0.5) is 0 Å². The van der Waals surface area contributed by atoms with E-state index in [1.807, 2.05) is 12.1 Å². The summed E-state index contributed by atoms with van der Waals surface area (Å²) in [4.78, 5) is 0. The summed E-state index contributed by atoms with van der Waals surface area (Å²) in [6.45, 7) is 2.19. The van der Waals surface area contributed by atoms with E-state index < -0.39 is 0 Å². The second kappa shape index (κ2) is 11.6. The maximum Gasteiger partial charge on any atom is 0.121 e. The summed E-state index contributed by atoms with van der Waals surface area (Å²) in [5.74, 6) is 0.224. The summed E-state index contributed by atoms with van der Waals surface area (Å²) in [6.07, 6.45) is 14.3. The molecule has 0 unspecified atom stereocenters. The molecule has 0 spiro atoms. The van der Waals surface area contributed by atoms with Gasteiger partial charge in [-0.2, -0.15) is 0 Å². The zero-order valence-corrected chi connectivity index (χ0v) is 13.6. The van der Waals surface area contributed by atoms with Gasteiger partial charge in [0.25, 0.3) is 0 Å². The van der Waals surface area contributed by atoms with Crippen molar-refractivity contribution in [3.05, 3.63) is 29.3 Å². The van der Waals surface area contributed by atoms with Crippen LogP contribution in [-0.2, 0) is 13.0 Å². The first-order valence-electron chi connectivity index (χ1n) is 8.70. The van der Waals surface area contributed by atoms with Crippen LogP contribution in [0.1, 0.15) is 82.3 Å². The Balaban J connectivity index is 2.06. The second-order valence-electron chi connectivity index (χ2n) is 6.00. The van der Waals surface area contributed by atoms with Crippen molar-refractivity contribution < 1.29 is 10.2 Å². The molecule has 0 bridgehead atoms. The SMILES string of the molecule is CCCCCCCCCCCCc1cccc(O)c1CO. The Bertz CT molecular complexity index is 374. The number of rotatable bonds is 12. The number of aromatic hydroxyl groups is 1. The predicted octanol–water partition coefficient (Wildman–Crippen LogP) is 5.35. The molecule has 0 aliphatic carbocycles. The average Bonchev–Trinajstić information content (AvgIpc) is 2.49. The number of hydrogen-bond donors (Lipinski definition) is 2. The number of aliphatic hydroxyl groups is 1. The molecule has 2 N–H and O–H groups in total. The van der Waals surface area contributed by atoms with Gasteiger partial charge in [0.05, 0.1) is 6.61 Å². The molecular weight excluding hydrogens is 260 g/mol. The van der Waals surface area contributed by atoms with Crippen LogP contribution in [0.3, 0.4) is 0 Å². The normalized spacial score (nSPS) is 11.0. The molecule has 0 aliphatic rings. The third-order valence-electron chi connectivity index (χ3n) is 4.21. The van der Waals surface area contributed by atoms with Gasteiger partial charge in [-0.3, -0.25) is 0 Å². The van der Waals surface area contributed by atoms with Gasteiger partial charge in [-0.1, -0.05) is 76.8 Å². The van der Waals surface area contributed by atoms with Crippen LogP contribution in [0.15, 0.2) is 18.2 Å². The average molecular weight is 292 g/mol. The molecule has 0 fully saturated rings. The van der Waals surface area contributed by atoms with Crippen molar-refractivity contribution in [1.29, 1.82) is 0 Å². The van der Waals surface area contributed by atoms with E-state index in [9.17, 15) is 10.2 Å². The van der Waals surface area contributed by atoms with Gasteiger partial charge in [0, 0.05) is 5.56 Å². The quantitative estimate of drug-likeness (QED) is 0.510. The minimum absolute atomic E-state index is 0.0697. The van der Waals surface area contributed by atoms with E-state index in [2.05, 4.69) is 6.92 Å². The van der Waals surface area contributed by atoms with Crippen LogP contribution in [0.25, 0.3) is 0 Å². The van der Waals surface area contributed by atoms with Gasteiger partial charge in [-0.05, 0) is 24.5 Å². The summed E-state index contributed by atoms with van der Waals surface area (Å²) in [5.41, 5.74) is 1.80. The first-order valence-corrected chi connectivity index (χ1v) is 8.70. The highest BCUT2D eigenvalue weighted by atomic mass is 16.3. The summed E-state index contributed by atoms with van der Waals surface area (Å²) in [5, 5.41) is 19.0. The van der Waals surface area contributed by atoms with Crippen LogP contribution in [0, 0.1) is 0 Å². The Labute approximate surface area is 130 Å². The summed E-state index contributed by atoms with van der Waals surface area (Å²) < 4.78 is 0. The molecule has 0 radical (unpaired) electrons.